The van der Waals surface area contributed by atoms with E-state index in [1.807, 2.05) is 0 Å². The molecule has 3 heterocycles. The van der Waals surface area contributed by atoms with Crippen LogP contribution in [-0.4, -0.2) is 77.2 Å². The molecular formula is C18H39IN4P+. The van der Waals surface area contributed by atoms with Crippen molar-refractivity contribution in [3.05, 3.63) is 0 Å². The maximum atomic E-state index is 3.06. The van der Waals surface area contributed by atoms with Gasteiger partial charge in [0.15, 0.2) is 0 Å². The van der Waals surface area contributed by atoms with E-state index in [4.69, 9.17) is 0 Å². The van der Waals surface area contributed by atoms with Crippen molar-refractivity contribution in [2.24, 2.45) is 17.8 Å². The van der Waals surface area contributed by atoms with Crippen LogP contribution in [0.1, 0.15) is 41.5 Å². The summed E-state index contributed by atoms with van der Waals surface area (Å²) in [6.45, 7) is 26.3. The van der Waals surface area contributed by atoms with E-state index < -0.39 is 4.85 Å². The summed E-state index contributed by atoms with van der Waals surface area (Å²) in [5, 5.41) is 0. The van der Waals surface area contributed by atoms with Crippen LogP contribution in [0.15, 0.2) is 0 Å². The maximum absolute atomic E-state index is 3.06. The molecule has 0 amide bonds. The van der Waals surface area contributed by atoms with Crippen molar-refractivity contribution >= 4 is 26.9 Å². The van der Waals surface area contributed by atoms with Gasteiger partial charge in [0.05, 0.1) is 0 Å². The number of hydrogen-bond acceptors (Lipinski definition) is 3. The van der Waals surface area contributed by atoms with E-state index in [1.165, 1.54) is 63.2 Å². The molecule has 3 aliphatic rings. The molecule has 3 fully saturated rings. The molecule has 4 nitrogen and oxygen atoms in total. The second-order valence-electron chi connectivity index (χ2n) is 9.52. The Morgan fingerprint density at radius 1 is 0.708 bits per heavy atom. The first kappa shape index (κ1) is 19.8. The van der Waals surface area contributed by atoms with Crippen molar-refractivity contribution in [2.45, 2.75) is 41.5 Å². The Morgan fingerprint density at radius 3 is 1.25 bits per heavy atom. The fraction of sp³-hybridized carbons (Fsp3) is 1.00. The molecule has 0 radical (unpaired) electrons. The zero-order valence-corrected chi connectivity index (χ0v) is 19.8. The fourth-order valence-electron chi connectivity index (χ4n) is 5.57. The Kier molecular flexibility index (Phi) is 5.40. The van der Waals surface area contributed by atoms with Gasteiger partial charge in [-0.2, -0.15) is 0 Å². The van der Waals surface area contributed by atoms with Gasteiger partial charge in [-0.3, -0.25) is 0 Å². The summed E-state index contributed by atoms with van der Waals surface area (Å²) < 4.78 is 10.4. The predicted molar refractivity (Wildman–Crippen MR) is 115 cm³/mol. The first-order valence-corrected chi connectivity index (χ1v) is 14.8. The Bertz CT molecular complexity index is 421. The van der Waals surface area contributed by atoms with Crippen LogP contribution in [0.3, 0.4) is 0 Å². The summed E-state index contributed by atoms with van der Waals surface area (Å²) in [5.41, 5.74) is 0. The number of hydrogen-bond donors (Lipinski definition) is 0. The van der Waals surface area contributed by atoms with Gasteiger partial charge in [0, 0.05) is 0 Å². The van der Waals surface area contributed by atoms with Crippen LogP contribution in [0.5, 0.6) is 0 Å². The van der Waals surface area contributed by atoms with Crippen LogP contribution >= 0.6 is 26.9 Å². The van der Waals surface area contributed by atoms with E-state index in [0.29, 0.717) is 0 Å². The standard InChI is InChI=1S/C18H39IN4P/c1-16(2)13-20-7-10-23-11-8-21(14-17(3)4)24(20,23,19)22(9-12-23)15-18(5)6/h16-18H,7-15H2,1-6H3/q+1. The van der Waals surface area contributed by atoms with Crippen LogP contribution < -0.4 is 0 Å². The topological polar surface area (TPSA) is 9.72 Å². The molecule has 0 aromatic rings. The average molecular weight is 469 g/mol. The summed E-state index contributed by atoms with van der Waals surface area (Å²) in [5.74, 6) is 2.25. The van der Waals surface area contributed by atoms with Gasteiger partial charge in [-0.25, -0.2) is 0 Å². The Morgan fingerprint density at radius 2 is 1.00 bits per heavy atom. The van der Waals surface area contributed by atoms with Crippen LogP contribution in [0.4, 0.5) is 0 Å². The van der Waals surface area contributed by atoms with E-state index in [1.54, 1.807) is 0 Å². The molecule has 3 aliphatic heterocycles. The zero-order chi connectivity index (χ0) is 17.8. The summed E-state index contributed by atoms with van der Waals surface area (Å²) in [7, 11) is 0. The third-order valence-corrected chi connectivity index (χ3v) is 20.5. The van der Waals surface area contributed by atoms with Crippen molar-refractivity contribution in [1.82, 2.24) is 14.0 Å². The van der Waals surface area contributed by atoms with Crippen LogP contribution in [0, 0.1) is 17.8 Å². The van der Waals surface area contributed by atoms with E-state index in [-0.39, 0.29) is 0 Å². The number of quaternary nitrogens is 1. The Labute approximate surface area is 163 Å². The van der Waals surface area contributed by atoms with Crippen molar-refractivity contribution in [3.63, 3.8) is 0 Å². The van der Waals surface area contributed by atoms with Crippen molar-refractivity contribution < 1.29 is 4.25 Å². The molecule has 142 valence electrons. The monoisotopic (exact) mass is 469 g/mol. The first-order valence-electron chi connectivity index (χ1n) is 10.0. The molecule has 0 bridgehead atoms. The number of rotatable bonds is 6. The third-order valence-electron chi connectivity index (χ3n) is 6.24. The van der Waals surface area contributed by atoms with Gasteiger partial charge in [-0.15, -0.1) is 0 Å². The second-order valence-corrected chi connectivity index (χ2v) is 18.9. The molecular weight excluding hydrogens is 430 g/mol. The molecule has 0 spiro atoms. The van der Waals surface area contributed by atoms with Gasteiger partial charge in [0.1, 0.15) is 0 Å². The molecule has 0 aliphatic carbocycles. The van der Waals surface area contributed by atoms with Crippen molar-refractivity contribution in [3.8, 4) is 0 Å². The number of halogens is 1. The molecule has 3 rings (SSSR count). The number of nitrogens with zero attached hydrogens (tertiary/aromatic N) is 4. The summed E-state index contributed by atoms with van der Waals surface area (Å²) in [6, 6.07) is 0. The molecule has 0 atom stereocenters. The Hall–Kier alpha value is 1.00. The van der Waals surface area contributed by atoms with E-state index in [2.05, 4.69) is 77.6 Å². The van der Waals surface area contributed by atoms with Crippen LogP contribution in [0.25, 0.3) is 0 Å². The molecule has 24 heavy (non-hydrogen) atoms. The van der Waals surface area contributed by atoms with Crippen LogP contribution in [0.2, 0.25) is 0 Å². The SMILES string of the molecule is CC(C)CN1CC[N+]23CCN(CC(C)C)P12(I)N(CC(C)C)CC3. The molecule has 0 unspecified atom stereocenters. The van der Waals surface area contributed by atoms with Crippen molar-refractivity contribution in [2.75, 3.05) is 58.9 Å². The van der Waals surface area contributed by atoms with Gasteiger partial charge in [0.25, 0.3) is 0 Å². The van der Waals surface area contributed by atoms with Gasteiger partial charge in [-0.05, 0) is 0 Å². The normalized spacial score (nSPS) is 34.8. The molecule has 0 aromatic carbocycles. The minimum atomic E-state index is -2.27. The predicted octanol–water partition coefficient (Wildman–Crippen LogP) is 4.28. The van der Waals surface area contributed by atoms with E-state index in [9.17, 15) is 0 Å². The van der Waals surface area contributed by atoms with E-state index in [0.717, 1.165) is 17.8 Å². The third kappa shape index (κ3) is 2.48. The summed E-state index contributed by atoms with van der Waals surface area (Å²) in [6.07, 6.45) is 0. The quantitative estimate of drug-likeness (QED) is 0.425. The van der Waals surface area contributed by atoms with Crippen LogP contribution in [-0.2, 0) is 0 Å². The summed E-state index contributed by atoms with van der Waals surface area (Å²) in [4.78, 5) is -2.27. The van der Waals surface area contributed by atoms with E-state index >= 15 is 0 Å². The molecule has 0 N–H and O–H groups in total. The molecule has 6 heteroatoms. The minimum absolute atomic E-state index is 0.749. The molecule has 0 aromatic heterocycles. The fourth-order valence-corrected chi connectivity index (χ4v) is 18.1. The van der Waals surface area contributed by atoms with Gasteiger partial charge >= 0.3 is 163 Å². The Balaban J connectivity index is 2.09. The zero-order valence-electron chi connectivity index (χ0n) is 16.7. The van der Waals surface area contributed by atoms with Gasteiger partial charge in [0.2, 0.25) is 0 Å². The van der Waals surface area contributed by atoms with Gasteiger partial charge in [-0.1, -0.05) is 0 Å². The first-order chi connectivity index (χ1) is 11.1. The van der Waals surface area contributed by atoms with Gasteiger partial charge < -0.3 is 0 Å². The average Bonchev–Trinajstić information content (AvgIpc) is 2.95. The molecule has 0 saturated carbocycles. The molecule has 3 saturated heterocycles. The second kappa shape index (κ2) is 6.56. The van der Waals surface area contributed by atoms with Crippen molar-refractivity contribution in [1.29, 1.82) is 0 Å². The summed E-state index contributed by atoms with van der Waals surface area (Å²) >= 11 is 3.06.